The second-order valence-electron chi connectivity index (χ2n) is 5.03. The van der Waals surface area contributed by atoms with E-state index < -0.39 is 17.7 Å². The highest BCUT2D eigenvalue weighted by atomic mass is 19.1. The van der Waals surface area contributed by atoms with Crippen molar-refractivity contribution < 1.29 is 13.5 Å². The van der Waals surface area contributed by atoms with Crippen molar-refractivity contribution in [3.8, 4) is 0 Å². The summed E-state index contributed by atoms with van der Waals surface area (Å²) < 4.78 is 32.6. The summed E-state index contributed by atoms with van der Waals surface area (Å²) in [4.78, 5) is 0. The molecule has 20 heavy (non-hydrogen) atoms. The number of nitrogens with two attached hydrogens (primary N) is 1. The molecule has 0 fully saturated rings. The summed E-state index contributed by atoms with van der Waals surface area (Å²) >= 11 is 0. The molecule has 1 aliphatic rings. The zero-order chi connectivity index (χ0) is 14.1. The van der Waals surface area contributed by atoms with Crippen LogP contribution in [-0.2, 0) is 24.4 Å². The van der Waals surface area contributed by atoms with Crippen LogP contribution in [0, 0.1) is 11.6 Å². The quantitative estimate of drug-likeness (QED) is 0.933. The standard InChI is InChI=1S/C16H15F2NO/c17-14-2-1-3-15(18)13(14)7-16(19)10-4-5-11-8-20-9-12(11)6-10/h1-6,16H,7-9,19H2. The van der Waals surface area contributed by atoms with Crippen LogP contribution in [0.25, 0.3) is 0 Å². The minimum atomic E-state index is -0.551. The van der Waals surface area contributed by atoms with E-state index in [-0.39, 0.29) is 12.0 Å². The normalized spacial score (nSPS) is 15.2. The third kappa shape index (κ3) is 2.44. The molecule has 2 aromatic rings. The van der Waals surface area contributed by atoms with Gasteiger partial charge in [-0.25, -0.2) is 8.78 Å². The molecule has 1 heterocycles. The van der Waals surface area contributed by atoms with Crippen LogP contribution in [0.15, 0.2) is 36.4 Å². The first-order chi connectivity index (χ1) is 9.65. The van der Waals surface area contributed by atoms with Crippen LogP contribution in [-0.4, -0.2) is 0 Å². The van der Waals surface area contributed by atoms with Crippen LogP contribution in [0.5, 0.6) is 0 Å². The molecule has 1 unspecified atom stereocenters. The van der Waals surface area contributed by atoms with Gasteiger partial charge in [0.2, 0.25) is 0 Å². The molecule has 3 rings (SSSR count). The lowest BCUT2D eigenvalue weighted by Gasteiger charge is -2.14. The number of fused-ring (bicyclic) bond motifs is 1. The highest BCUT2D eigenvalue weighted by Crippen LogP contribution is 2.26. The summed E-state index contributed by atoms with van der Waals surface area (Å²) in [7, 11) is 0. The van der Waals surface area contributed by atoms with Crippen molar-refractivity contribution in [1.29, 1.82) is 0 Å². The second-order valence-corrected chi connectivity index (χ2v) is 5.03. The van der Waals surface area contributed by atoms with Gasteiger partial charge in [-0.15, -0.1) is 0 Å². The maximum absolute atomic E-state index is 13.6. The molecule has 0 amide bonds. The second kappa shape index (κ2) is 5.31. The van der Waals surface area contributed by atoms with Gasteiger partial charge in [-0.05, 0) is 35.2 Å². The lowest BCUT2D eigenvalue weighted by atomic mass is 9.96. The first-order valence-electron chi connectivity index (χ1n) is 6.53. The molecule has 0 radical (unpaired) electrons. The number of hydrogen-bond acceptors (Lipinski definition) is 2. The van der Waals surface area contributed by atoms with E-state index in [1.165, 1.54) is 18.2 Å². The van der Waals surface area contributed by atoms with Gasteiger partial charge in [-0.3, -0.25) is 0 Å². The number of benzene rings is 2. The van der Waals surface area contributed by atoms with E-state index >= 15 is 0 Å². The summed E-state index contributed by atoms with van der Waals surface area (Å²) in [5.41, 5.74) is 9.25. The van der Waals surface area contributed by atoms with Crippen LogP contribution >= 0.6 is 0 Å². The van der Waals surface area contributed by atoms with E-state index in [1.54, 1.807) is 0 Å². The lowest BCUT2D eigenvalue weighted by Crippen LogP contribution is -2.15. The molecular formula is C16H15F2NO. The number of rotatable bonds is 3. The van der Waals surface area contributed by atoms with Crippen LogP contribution < -0.4 is 5.73 Å². The zero-order valence-corrected chi connectivity index (χ0v) is 10.9. The average molecular weight is 275 g/mol. The van der Waals surface area contributed by atoms with Crippen molar-refractivity contribution in [2.24, 2.45) is 5.73 Å². The molecule has 1 aliphatic heterocycles. The average Bonchev–Trinajstić information content (AvgIpc) is 2.90. The van der Waals surface area contributed by atoms with E-state index in [0.717, 1.165) is 16.7 Å². The van der Waals surface area contributed by atoms with Crippen LogP contribution in [0.1, 0.15) is 28.3 Å². The first-order valence-corrected chi connectivity index (χ1v) is 6.53. The van der Waals surface area contributed by atoms with Crippen molar-refractivity contribution in [3.63, 3.8) is 0 Å². The Morgan fingerprint density at radius 2 is 1.75 bits per heavy atom. The maximum Gasteiger partial charge on any atom is 0.129 e. The molecule has 0 aliphatic carbocycles. The van der Waals surface area contributed by atoms with Crippen molar-refractivity contribution in [2.45, 2.75) is 25.7 Å². The van der Waals surface area contributed by atoms with Crippen LogP contribution in [0.3, 0.4) is 0 Å². The van der Waals surface area contributed by atoms with E-state index in [2.05, 4.69) is 0 Å². The van der Waals surface area contributed by atoms with Gasteiger partial charge in [0.15, 0.2) is 0 Å². The molecular weight excluding hydrogens is 260 g/mol. The third-order valence-corrected chi connectivity index (χ3v) is 3.66. The highest BCUT2D eigenvalue weighted by molar-refractivity contribution is 5.35. The molecule has 0 saturated heterocycles. The summed E-state index contributed by atoms with van der Waals surface area (Å²) in [6.45, 7) is 1.19. The van der Waals surface area contributed by atoms with Crippen molar-refractivity contribution >= 4 is 0 Å². The van der Waals surface area contributed by atoms with Crippen molar-refractivity contribution in [1.82, 2.24) is 0 Å². The molecule has 2 N–H and O–H groups in total. The highest BCUT2D eigenvalue weighted by Gasteiger charge is 2.17. The van der Waals surface area contributed by atoms with E-state index in [0.29, 0.717) is 13.2 Å². The molecule has 0 saturated carbocycles. The number of ether oxygens (including phenoxy) is 1. The van der Waals surface area contributed by atoms with Gasteiger partial charge in [0, 0.05) is 11.6 Å². The first kappa shape index (κ1) is 13.2. The zero-order valence-electron chi connectivity index (χ0n) is 10.9. The van der Waals surface area contributed by atoms with Gasteiger partial charge >= 0.3 is 0 Å². The fraction of sp³-hybridized carbons (Fsp3) is 0.250. The van der Waals surface area contributed by atoms with Gasteiger partial charge in [-0.1, -0.05) is 24.3 Å². The summed E-state index contributed by atoms with van der Waals surface area (Å²) in [6, 6.07) is 9.25. The van der Waals surface area contributed by atoms with Crippen LogP contribution in [0.2, 0.25) is 0 Å². The monoisotopic (exact) mass is 275 g/mol. The Labute approximate surface area is 116 Å². The molecule has 104 valence electrons. The molecule has 0 spiro atoms. The van der Waals surface area contributed by atoms with Gasteiger partial charge in [0.1, 0.15) is 11.6 Å². The predicted octanol–water partition coefficient (Wildman–Crippen LogP) is 3.24. The minimum Gasteiger partial charge on any atom is -0.372 e. The fourth-order valence-corrected chi connectivity index (χ4v) is 2.49. The molecule has 4 heteroatoms. The molecule has 1 atom stereocenters. The van der Waals surface area contributed by atoms with Gasteiger partial charge < -0.3 is 10.5 Å². The van der Waals surface area contributed by atoms with Gasteiger partial charge in [0.25, 0.3) is 0 Å². The SMILES string of the molecule is NC(Cc1c(F)cccc1F)c1ccc2c(c1)COC2. The van der Waals surface area contributed by atoms with E-state index in [4.69, 9.17) is 10.5 Å². The Balaban J connectivity index is 1.84. The maximum atomic E-state index is 13.6. The lowest BCUT2D eigenvalue weighted by molar-refractivity contribution is 0.134. The molecule has 2 aromatic carbocycles. The van der Waals surface area contributed by atoms with Crippen molar-refractivity contribution in [2.75, 3.05) is 0 Å². The van der Waals surface area contributed by atoms with Crippen LogP contribution in [0.4, 0.5) is 8.78 Å². The summed E-state index contributed by atoms with van der Waals surface area (Å²) in [6.07, 6.45) is 0.137. The predicted molar refractivity (Wildman–Crippen MR) is 71.9 cm³/mol. The third-order valence-electron chi connectivity index (χ3n) is 3.66. The molecule has 0 bridgehead atoms. The summed E-state index contributed by atoms with van der Waals surface area (Å²) in [5, 5.41) is 0. The minimum absolute atomic E-state index is 0.0387. The van der Waals surface area contributed by atoms with E-state index in [1.807, 2.05) is 18.2 Å². The van der Waals surface area contributed by atoms with Crippen molar-refractivity contribution in [3.05, 3.63) is 70.3 Å². The van der Waals surface area contributed by atoms with Gasteiger partial charge in [0.05, 0.1) is 13.2 Å². The Morgan fingerprint density at radius 3 is 2.50 bits per heavy atom. The Bertz CT molecular complexity index is 622. The van der Waals surface area contributed by atoms with E-state index in [9.17, 15) is 8.78 Å². The number of hydrogen-bond donors (Lipinski definition) is 1. The Hall–Kier alpha value is -1.78. The molecule has 2 nitrogen and oxygen atoms in total. The smallest absolute Gasteiger partial charge is 0.129 e. The number of halogens is 2. The topological polar surface area (TPSA) is 35.2 Å². The van der Waals surface area contributed by atoms with Gasteiger partial charge in [-0.2, -0.15) is 0 Å². The summed E-state index contributed by atoms with van der Waals surface area (Å²) in [5.74, 6) is -1.10. The Morgan fingerprint density at radius 1 is 1.05 bits per heavy atom. The largest absolute Gasteiger partial charge is 0.372 e. The molecule has 0 aromatic heterocycles. The fourth-order valence-electron chi connectivity index (χ4n) is 2.49. The Kier molecular flexibility index (Phi) is 3.51.